The molecule has 0 heterocycles. The zero-order chi connectivity index (χ0) is 8.58. The minimum Gasteiger partial charge on any atom is -0.359 e. The van der Waals surface area contributed by atoms with Crippen molar-refractivity contribution in [2.45, 2.75) is 11.8 Å². The van der Waals surface area contributed by atoms with Crippen molar-refractivity contribution < 1.29 is 31.2 Å². The molecule has 0 aliphatic rings. The molecule has 0 amide bonds. The first-order valence-corrected chi connectivity index (χ1v) is 3.08. The summed E-state index contributed by atoms with van der Waals surface area (Å²) in [5.41, 5.74) is 0. The van der Waals surface area contributed by atoms with Crippen molar-refractivity contribution in [2.24, 2.45) is 0 Å². The van der Waals surface area contributed by atoms with Crippen LogP contribution in [0.5, 0.6) is 0 Å². The van der Waals surface area contributed by atoms with E-state index in [2.05, 4.69) is 0 Å². The Bertz CT molecular complexity index is 99.9. The highest BCUT2D eigenvalue weighted by Crippen LogP contribution is 2.61. The predicted molar refractivity (Wildman–Crippen MR) is 21.2 cm³/mol. The van der Waals surface area contributed by atoms with Crippen LogP contribution in [0.15, 0.2) is 0 Å². The maximum Gasteiger partial charge on any atom is 0.439 e. The van der Waals surface area contributed by atoms with E-state index in [-0.39, 0.29) is 0 Å². The van der Waals surface area contributed by atoms with Crippen molar-refractivity contribution in [1.29, 1.82) is 0 Å². The summed E-state index contributed by atoms with van der Waals surface area (Å²) in [6, 6.07) is 0. The highest BCUT2D eigenvalue weighted by Gasteiger charge is 2.56. The van der Waals surface area contributed by atoms with Gasteiger partial charge in [-0.1, -0.05) is 0 Å². The normalized spacial score (nSPS) is 14.4. The average molecular weight is 186 g/mol. The first-order valence-electron chi connectivity index (χ1n) is 1.78. The van der Waals surface area contributed by atoms with Gasteiger partial charge in [0.25, 0.3) is 8.15 Å². The first-order chi connectivity index (χ1) is 4.15. The van der Waals surface area contributed by atoms with Crippen LogP contribution in [0.3, 0.4) is 0 Å². The minimum absolute atomic E-state index is 4.86. The number of rotatable bonds is 0. The molecule has 0 aromatic rings. The summed E-state index contributed by atoms with van der Waals surface area (Å²) in [6.45, 7) is 0. The zero-order valence-electron chi connectivity index (χ0n) is 4.16. The van der Waals surface area contributed by atoms with Gasteiger partial charge in [-0.25, -0.2) is 0 Å². The molecule has 0 aliphatic carbocycles. The van der Waals surface area contributed by atoms with E-state index in [4.69, 9.17) is 4.89 Å². The predicted octanol–water partition coefficient (Wildman–Crippen LogP) is 2.42. The number of hydrogen-bond donors (Lipinski definition) is 1. The third-order valence-electron chi connectivity index (χ3n) is 0.480. The van der Waals surface area contributed by atoms with Crippen molar-refractivity contribution in [3.05, 3.63) is 0 Å². The number of alkyl halides is 6. The van der Waals surface area contributed by atoms with Crippen LogP contribution in [0, 0.1) is 0 Å². The summed E-state index contributed by atoms with van der Waals surface area (Å²) >= 11 is 0. The van der Waals surface area contributed by atoms with Gasteiger partial charge in [0.15, 0.2) is 0 Å². The minimum atomic E-state index is -5.56. The van der Waals surface area contributed by atoms with Crippen LogP contribution in [0.4, 0.5) is 26.3 Å². The van der Waals surface area contributed by atoms with Crippen molar-refractivity contribution >= 4 is 8.15 Å². The van der Waals surface area contributed by atoms with Gasteiger partial charge in [0.1, 0.15) is 0 Å². The molecule has 0 saturated heterocycles. The van der Waals surface area contributed by atoms with E-state index in [0.717, 1.165) is 0 Å². The molecule has 0 bridgehead atoms. The summed E-state index contributed by atoms with van der Waals surface area (Å²) < 4.78 is 66.0. The number of hydrogen-bond acceptors (Lipinski definition) is 1. The first kappa shape index (κ1) is 9.97. The van der Waals surface area contributed by atoms with Crippen LogP contribution >= 0.6 is 8.15 Å². The van der Waals surface area contributed by atoms with Crippen LogP contribution in [0.2, 0.25) is 0 Å². The zero-order valence-corrected chi connectivity index (χ0v) is 5.06. The fourth-order valence-corrected chi connectivity index (χ4v) is 0.431. The van der Waals surface area contributed by atoms with E-state index < -0.39 is 20.0 Å². The Morgan fingerprint density at radius 2 is 1.00 bits per heavy atom. The van der Waals surface area contributed by atoms with Gasteiger partial charge >= 0.3 is 11.8 Å². The molecular formula is C2HF6OP. The maximum atomic E-state index is 11.0. The van der Waals surface area contributed by atoms with Gasteiger partial charge in [0, 0.05) is 0 Å². The highest BCUT2D eigenvalue weighted by atomic mass is 31.1. The SMILES string of the molecule is OP(C(F)(F)F)C(F)(F)F. The molecule has 1 N–H and O–H groups in total. The lowest BCUT2D eigenvalue weighted by atomic mass is 11.5. The van der Waals surface area contributed by atoms with Crippen molar-refractivity contribution in [2.75, 3.05) is 0 Å². The van der Waals surface area contributed by atoms with Crippen LogP contribution in [0.1, 0.15) is 0 Å². The largest absolute Gasteiger partial charge is 0.439 e. The second kappa shape index (κ2) is 2.54. The smallest absolute Gasteiger partial charge is 0.359 e. The standard InChI is InChI=1S/C2HF6OP/c3-1(4,5)10(9)2(6,7)8/h9H. The Morgan fingerprint density at radius 3 is 1.00 bits per heavy atom. The van der Waals surface area contributed by atoms with Crippen molar-refractivity contribution in [3.63, 3.8) is 0 Å². The third-order valence-corrected chi connectivity index (χ3v) is 1.44. The lowest BCUT2D eigenvalue weighted by Gasteiger charge is -2.15. The van der Waals surface area contributed by atoms with Crippen LogP contribution in [-0.2, 0) is 0 Å². The Morgan fingerprint density at radius 1 is 0.800 bits per heavy atom. The Kier molecular flexibility index (Phi) is 2.53. The maximum absolute atomic E-state index is 11.0. The van der Waals surface area contributed by atoms with Gasteiger partial charge in [-0.05, 0) is 0 Å². The lowest BCUT2D eigenvalue weighted by molar-refractivity contribution is -0.0945. The van der Waals surface area contributed by atoms with Gasteiger partial charge in [-0.15, -0.1) is 0 Å². The molecule has 62 valence electrons. The quantitative estimate of drug-likeness (QED) is 0.454. The van der Waals surface area contributed by atoms with E-state index in [1.54, 1.807) is 0 Å². The molecular weight excluding hydrogens is 185 g/mol. The monoisotopic (exact) mass is 186 g/mol. The molecule has 0 spiro atoms. The molecule has 0 saturated carbocycles. The molecule has 0 aromatic carbocycles. The molecule has 0 atom stereocenters. The Balaban J connectivity index is 4.23. The fourth-order valence-electron chi connectivity index (χ4n) is 0.144. The molecule has 0 unspecified atom stereocenters. The van der Waals surface area contributed by atoms with E-state index in [1.165, 1.54) is 0 Å². The molecule has 8 heteroatoms. The van der Waals surface area contributed by atoms with Crippen LogP contribution in [0.25, 0.3) is 0 Å². The molecule has 0 aliphatic heterocycles. The molecule has 10 heavy (non-hydrogen) atoms. The Labute approximate surface area is 52.5 Å². The highest BCUT2D eigenvalue weighted by molar-refractivity contribution is 7.53. The molecule has 0 fully saturated rings. The van der Waals surface area contributed by atoms with Gasteiger partial charge in [0.05, 0.1) is 0 Å². The van der Waals surface area contributed by atoms with Crippen molar-refractivity contribution in [3.8, 4) is 0 Å². The fraction of sp³-hybridized carbons (Fsp3) is 1.00. The van der Waals surface area contributed by atoms with Crippen LogP contribution in [-0.4, -0.2) is 16.7 Å². The molecule has 0 radical (unpaired) electrons. The van der Waals surface area contributed by atoms with Gasteiger partial charge in [-0.3, -0.25) is 0 Å². The molecule has 1 nitrogen and oxygen atoms in total. The average Bonchev–Trinajstić information content (AvgIpc) is 1.59. The topological polar surface area (TPSA) is 20.2 Å². The summed E-state index contributed by atoms with van der Waals surface area (Å²) in [5, 5.41) is 0. The lowest BCUT2D eigenvalue weighted by Crippen LogP contribution is -2.17. The second-order valence-corrected chi connectivity index (χ2v) is 2.89. The summed E-state index contributed by atoms with van der Waals surface area (Å²) in [7, 11) is -4.86. The summed E-state index contributed by atoms with van der Waals surface area (Å²) in [5.74, 6) is -11.1. The van der Waals surface area contributed by atoms with E-state index >= 15 is 0 Å². The molecule has 0 rings (SSSR count). The summed E-state index contributed by atoms with van der Waals surface area (Å²) in [4.78, 5) is 7.54. The Hall–Kier alpha value is -0.0300. The van der Waals surface area contributed by atoms with Gasteiger partial charge in [0.2, 0.25) is 0 Å². The van der Waals surface area contributed by atoms with E-state index in [9.17, 15) is 26.3 Å². The van der Waals surface area contributed by atoms with Gasteiger partial charge in [-0.2, -0.15) is 26.3 Å². The van der Waals surface area contributed by atoms with E-state index in [0.29, 0.717) is 0 Å². The molecule has 0 aromatic heterocycles. The third kappa shape index (κ3) is 2.70. The number of halogens is 6. The van der Waals surface area contributed by atoms with Gasteiger partial charge < -0.3 is 4.89 Å². The van der Waals surface area contributed by atoms with Crippen LogP contribution < -0.4 is 0 Å². The second-order valence-electron chi connectivity index (χ2n) is 1.25. The summed E-state index contributed by atoms with van der Waals surface area (Å²) in [6.07, 6.45) is 0. The van der Waals surface area contributed by atoms with Crippen molar-refractivity contribution in [1.82, 2.24) is 0 Å². The van der Waals surface area contributed by atoms with E-state index in [1.807, 2.05) is 0 Å².